The maximum Gasteiger partial charge on any atom is 0.0710 e. The van der Waals surface area contributed by atoms with Crippen LogP contribution in [0, 0.1) is 11.3 Å². The molecule has 0 aromatic carbocycles. The summed E-state index contributed by atoms with van der Waals surface area (Å²) in [6.07, 6.45) is 5.51. The molecule has 1 saturated carbocycles. The summed E-state index contributed by atoms with van der Waals surface area (Å²) in [6.45, 7) is 6.74. The summed E-state index contributed by atoms with van der Waals surface area (Å²) < 4.78 is 0. The van der Waals surface area contributed by atoms with Gasteiger partial charge in [-0.3, -0.25) is 0 Å². The monoisotopic (exact) mass is 150 g/mol. The van der Waals surface area contributed by atoms with Crippen molar-refractivity contribution in [1.29, 1.82) is 0 Å². The van der Waals surface area contributed by atoms with Gasteiger partial charge in [0.2, 0.25) is 0 Å². The van der Waals surface area contributed by atoms with Crippen LogP contribution in [0.25, 0.3) is 0 Å². The Morgan fingerprint density at radius 1 is 1.18 bits per heavy atom. The molecule has 11 heavy (non-hydrogen) atoms. The van der Waals surface area contributed by atoms with E-state index in [1.54, 1.807) is 0 Å². The highest BCUT2D eigenvalue weighted by Gasteiger charge is 2.29. The van der Waals surface area contributed by atoms with Crippen LogP contribution in [0.3, 0.4) is 0 Å². The summed E-state index contributed by atoms with van der Waals surface area (Å²) >= 11 is 0. The van der Waals surface area contributed by atoms with E-state index in [9.17, 15) is 0 Å². The normalized spacial score (nSPS) is 23.9. The minimum atomic E-state index is 0.301. The Balaban J connectivity index is 2.46. The lowest BCUT2D eigenvalue weighted by Gasteiger charge is -2.32. The molecule has 2 radical (unpaired) electrons. The molecule has 0 bridgehead atoms. The average Bonchev–Trinajstić information content (AvgIpc) is 2.34. The van der Waals surface area contributed by atoms with Crippen LogP contribution in [0.2, 0.25) is 5.82 Å². The van der Waals surface area contributed by atoms with Gasteiger partial charge in [-0.1, -0.05) is 52.3 Å². The lowest BCUT2D eigenvalue weighted by molar-refractivity contribution is 0.298. The molecule has 0 aromatic heterocycles. The van der Waals surface area contributed by atoms with Gasteiger partial charge < -0.3 is 0 Å². The van der Waals surface area contributed by atoms with E-state index in [0.717, 1.165) is 5.92 Å². The van der Waals surface area contributed by atoms with Gasteiger partial charge in [-0.25, -0.2) is 0 Å². The van der Waals surface area contributed by atoms with Crippen LogP contribution in [0.4, 0.5) is 0 Å². The third-order valence-corrected chi connectivity index (χ3v) is 2.91. The molecule has 1 atom stereocenters. The van der Waals surface area contributed by atoms with Crippen LogP contribution in [-0.2, 0) is 0 Å². The Labute approximate surface area is 72.2 Å². The van der Waals surface area contributed by atoms with Gasteiger partial charge in [-0.2, -0.15) is 0 Å². The molecule has 0 N–H and O–H groups in total. The molecule has 1 aliphatic rings. The minimum absolute atomic E-state index is 0.301. The molecule has 0 spiro atoms. The lowest BCUT2D eigenvalue weighted by atomic mass is 9.61. The molecule has 1 heteroatoms. The van der Waals surface area contributed by atoms with Crippen molar-refractivity contribution in [2.45, 2.75) is 52.3 Å². The van der Waals surface area contributed by atoms with E-state index < -0.39 is 0 Å². The van der Waals surface area contributed by atoms with Gasteiger partial charge >= 0.3 is 0 Å². The Kier molecular flexibility index (Phi) is 2.67. The molecule has 0 nitrogen and oxygen atoms in total. The fraction of sp³-hybridized carbons (Fsp3) is 1.00. The minimum Gasteiger partial charge on any atom is -0.0698 e. The van der Waals surface area contributed by atoms with E-state index >= 15 is 0 Å². The van der Waals surface area contributed by atoms with Gasteiger partial charge in [-0.05, 0) is 11.3 Å². The van der Waals surface area contributed by atoms with Crippen molar-refractivity contribution in [3.8, 4) is 0 Å². The molecule has 0 saturated heterocycles. The van der Waals surface area contributed by atoms with Crippen LogP contribution >= 0.6 is 0 Å². The zero-order chi connectivity index (χ0) is 8.48. The second-order valence-electron chi connectivity index (χ2n) is 4.94. The SMILES string of the molecule is [B]C(C1CCCC1)C(C)(C)C. The fourth-order valence-electron chi connectivity index (χ4n) is 2.02. The number of hydrogen-bond acceptors (Lipinski definition) is 0. The number of hydrogen-bond donors (Lipinski definition) is 0. The van der Waals surface area contributed by atoms with Gasteiger partial charge in [0.25, 0.3) is 0 Å². The fourth-order valence-corrected chi connectivity index (χ4v) is 2.02. The second-order valence-corrected chi connectivity index (χ2v) is 4.94. The van der Waals surface area contributed by atoms with Crippen molar-refractivity contribution < 1.29 is 0 Å². The van der Waals surface area contributed by atoms with E-state index in [1.165, 1.54) is 25.7 Å². The highest BCUT2D eigenvalue weighted by atomic mass is 14.3. The Hall–Kier alpha value is 0.0649. The standard InChI is InChI=1S/C10H19B/c1-10(2,3)9(11)8-6-4-5-7-8/h8-9H,4-7H2,1-3H3. The first-order valence-electron chi connectivity index (χ1n) is 4.77. The largest absolute Gasteiger partial charge is 0.0710 e. The molecule has 62 valence electrons. The molecule has 1 unspecified atom stereocenters. The van der Waals surface area contributed by atoms with Crippen LogP contribution < -0.4 is 0 Å². The van der Waals surface area contributed by atoms with E-state index in [2.05, 4.69) is 20.8 Å². The van der Waals surface area contributed by atoms with Gasteiger partial charge in [0, 0.05) is 0 Å². The smallest absolute Gasteiger partial charge is 0.0698 e. The molecule has 0 heterocycles. The van der Waals surface area contributed by atoms with Crippen molar-refractivity contribution >= 4 is 7.85 Å². The van der Waals surface area contributed by atoms with Gasteiger partial charge in [0.15, 0.2) is 0 Å². The molecular weight excluding hydrogens is 131 g/mol. The van der Waals surface area contributed by atoms with Gasteiger partial charge in [0.1, 0.15) is 0 Å². The molecule has 0 aliphatic heterocycles. The summed E-state index contributed by atoms with van der Waals surface area (Å²) in [5, 5.41) is 0. The van der Waals surface area contributed by atoms with Crippen molar-refractivity contribution in [1.82, 2.24) is 0 Å². The van der Waals surface area contributed by atoms with E-state index in [-0.39, 0.29) is 0 Å². The second kappa shape index (κ2) is 3.20. The first-order chi connectivity index (χ1) is 5.02. The third kappa shape index (κ3) is 2.25. The van der Waals surface area contributed by atoms with E-state index in [0.29, 0.717) is 11.2 Å². The highest BCUT2D eigenvalue weighted by Crippen LogP contribution is 2.42. The summed E-state index contributed by atoms with van der Waals surface area (Å²) in [5.41, 5.74) is 0.301. The van der Waals surface area contributed by atoms with E-state index in [4.69, 9.17) is 7.85 Å². The molecule has 0 amide bonds. The average molecular weight is 150 g/mol. The van der Waals surface area contributed by atoms with E-state index in [1.807, 2.05) is 0 Å². The molecular formula is C10H19B. The quantitative estimate of drug-likeness (QED) is 0.503. The first-order valence-corrected chi connectivity index (χ1v) is 4.77. The summed E-state index contributed by atoms with van der Waals surface area (Å²) in [7, 11) is 6.16. The third-order valence-electron chi connectivity index (χ3n) is 2.91. The van der Waals surface area contributed by atoms with Crippen molar-refractivity contribution in [2.24, 2.45) is 11.3 Å². The van der Waals surface area contributed by atoms with Crippen LogP contribution in [0.5, 0.6) is 0 Å². The Morgan fingerprint density at radius 3 is 2.00 bits per heavy atom. The van der Waals surface area contributed by atoms with Crippen molar-refractivity contribution in [3.63, 3.8) is 0 Å². The highest BCUT2D eigenvalue weighted by molar-refractivity contribution is 6.12. The zero-order valence-corrected chi connectivity index (χ0v) is 8.06. The molecule has 1 aliphatic carbocycles. The predicted octanol–water partition coefficient (Wildman–Crippen LogP) is 3.18. The van der Waals surface area contributed by atoms with Gasteiger partial charge in [0.05, 0.1) is 7.85 Å². The first kappa shape index (κ1) is 9.16. The maximum absolute atomic E-state index is 6.16. The molecule has 1 fully saturated rings. The topological polar surface area (TPSA) is 0 Å². The van der Waals surface area contributed by atoms with Crippen LogP contribution in [0.15, 0.2) is 0 Å². The van der Waals surface area contributed by atoms with Crippen molar-refractivity contribution in [2.75, 3.05) is 0 Å². The Bertz CT molecular complexity index is 117. The van der Waals surface area contributed by atoms with Crippen LogP contribution in [0.1, 0.15) is 46.5 Å². The summed E-state index contributed by atoms with van der Waals surface area (Å²) in [6, 6.07) is 0. The number of rotatable bonds is 1. The van der Waals surface area contributed by atoms with Crippen molar-refractivity contribution in [3.05, 3.63) is 0 Å². The Morgan fingerprint density at radius 2 is 1.64 bits per heavy atom. The zero-order valence-electron chi connectivity index (χ0n) is 8.06. The van der Waals surface area contributed by atoms with Crippen LogP contribution in [-0.4, -0.2) is 7.85 Å². The summed E-state index contributed by atoms with van der Waals surface area (Å²) in [5.74, 6) is 1.21. The molecule has 1 rings (SSSR count). The summed E-state index contributed by atoms with van der Waals surface area (Å²) in [4.78, 5) is 0. The van der Waals surface area contributed by atoms with Gasteiger partial charge in [-0.15, -0.1) is 0 Å². The molecule has 0 aromatic rings. The predicted molar refractivity (Wildman–Crippen MR) is 50.9 cm³/mol. The maximum atomic E-state index is 6.16. The lowest BCUT2D eigenvalue weighted by Crippen LogP contribution is -2.21.